The fourth-order valence-electron chi connectivity index (χ4n) is 3.39. The van der Waals surface area contributed by atoms with E-state index in [1.54, 1.807) is 41.3 Å². The molecule has 0 aliphatic carbocycles. The Labute approximate surface area is 159 Å². The van der Waals surface area contributed by atoms with Crippen molar-refractivity contribution in [3.63, 3.8) is 0 Å². The van der Waals surface area contributed by atoms with Crippen molar-refractivity contribution in [3.8, 4) is 5.69 Å². The lowest BCUT2D eigenvalue weighted by atomic mass is 10.3. The van der Waals surface area contributed by atoms with Crippen LogP contribution in [0.15, 0.2) is 44.9 Å². The van der Waals surface area contributed by atoms with Gasteiger partial charge >= 0.3 is 5.69 Å². The second kappa shape index (κ2) is 5.91. The fourth-order valence-corrected chi connectivity index (χ4v) is 3.91. The zero-order valence-corrected chi connectivity index (χ0v) is 16.3. The number of sulfonamides is 1. The fraction of sp³-hybridized carbons (Fsp3) is 0.235. The Balaban J connectivity index is 2.07. The van der Waals surface area contributed by atoms with Crippen LogP contribution in [0, 0.1) is 6.92 Å². The molecule has 0 radical (unpaired) electrons. The number of primary sulfonamides is 1. The van der Waals surface area contributed by atoms with Gasteiger partial charge in [-0.25, -0.2) is 18.4 Å². The van der Waals surface area contributed by atoms with Crippen LogP contribution in [0.25, 0.3) is 22.6 Å². The Morgan fingerprint density at radius 1 is 1.14 bits per heavy atom. The normalized spacial score (nSPS) is 12.3. The van der Waals surface area contributed by atoms with E-state index in [2.05, 4.69) is 4.98 Å². The van der Waals surface area contributed by atoms with Crippen molar-refractivity contribution < 1.29 is 8.42 Å². The van der Waals surface area contributed by atoms with Crippen molar-refractivity contribution in [1.82, 2.24) is 23.1 Å². The third-order valence-corrected chi connectivity index (χ3v) is 5.69. The van der Waals surface area contributed by atoms with Gasteiger partial charge in [0.05, 0.1) is 4.90 Å². The van der Waals surface area contributed by atoms with E-state index in [1.807, 2.05) is 6.92 Å². The van der Waals surface area contributed by atoms with Crippen molar-refractivity contribution in [2.24, 2.45) is 12.2 Å². The first kappa shape index (κ1) is 18.2. The molecule has 146 valence electrons. The largest absolute Gasteiger partial charge is 0.332 e. The molecular formula is C17H18N6O4S. The summed E-state index contributed by atoms with van der Waals surface area (Å²) in [6.07, 6.45) is 1.75. The van der Waals surface area contributed by atoms with Crippen LogP contribution in [0.3, 0.4) is 0 Å². The molecule has 0 amide bonds. The molecule has 3 heterocycles. The highest BCUT2D eigenvalue weighted by atomic mass is 32.2. The van der Waals surface area contributed by atoms with E-state index in [1.165, 1.54) is 16.7 Å². The van der Waals surface area contributed by atoms with Crippen LogP contribution >= 0.6 is 0 Å². The smallest absolute Gasteiger partial charge is 0.283 e. The lowest BCUT2D eigenvalue weighted by Crippen LogP contribution is -2.38. The molecule has 3 aromatic heterocycles. The molecule has 0 spiro atoms. The summed E-state index contributed by atoms with van der Waals surface area (Å²) in [5.74, 6) is 0.441. The quantitative estimate of drug-likeness (QED) is 0.521. The van der Waals surface area contributed by atoms with E-state index in [-0.39, 0.29) is 17.1 Å². The van der Waals surface area contributed by atoms with Crippen LogP contribution in [0.2, 0.25) is 0 Å². The molecule has 0 bridgehead atoms. The van der Waals surface area contributed by atoms with Crippen molar-refractivity contribution in [1.29, 1.82) is 0 Å². The van der Waals surface area contributed by atoms with Crippen LogP contribution in [-0.2, 0) is 23.6 Å². The molecular weight excluding hydrogens is 384 g/mol. The maximum absolute atomic E-state index is 12.8. The van der Waals surface area contributed by atoms with Gasteiger partial charge in [0.25, 0.3) is 5.56 Å². The summed E-state index contributed by atoms with van der Waals surface area (Å²) in [7, 11) is -2.23. The van der Waals surface area contributed by atoms with E-state index in [9.17, 15) is 18.0 Å². The molecule has 2 N–H and O–H groups in total. The number of hydrogen-bond acceptors (Lipinski definition) is 5. The number of benzene rings is 1. The summed E-state index contributed by atoms with van der Waals surface area (Å²) in [6, 6.07) is 6.02. The number of nitrogens with two attached hydrogens (primary N) is 1. The molecule has 0 unspecified atom stereocenters. The third-order valence-electron chi connectivity index (χ3n) is 4.77. The molecule has 0 aliphatic heterocycles. The number of imidazole rings is 2. The molecule has 0 fully saturated rings. The molecule has 10 nitrogen and oxygen atoms in total. The van der Waals surface area contributed by atoms with Gasteiger partial charge in [0, 0.05) is 31.2 Å². The van der Waals surface area contributed by atoms with Crippen LogP contribution in [0.5, 0.6) is 0 Å². The average molecular weight is 402 g/mol. The number of hydrogen-bond donors (Lipinski definition) is 1. The van der Waals surface area contributed by atoms with Gasteiger partial charge in [-0.15, -0.1) is 0 Å². The summed E-state index contributed by atoms with van der Waals surface area (Å²) in [6.45, 7) is 3.83. The number of fused-ring (bicyclic) bond motifs is 3. The molecule has 4 aromatic rings. The minimum Gasteiger partial charge on any atom is -0.283 e. The molecule has 28 heavy (non-hydrogen) atoms. The minimum atomic E-state index is -3.80. The topological polar surface area (TPSA) is 126 Å². The SMILES string of the molecule is CCn1c(=O)c2c(nc3n(-c4ccc(S(N)(=O)=O)cc4)c(C)cn23)n(C)c1=O. The number of nitrogens with zero attached hydrogens (tertiary/aromatic N) is 5. The molecule has 11 heteroatoms. The summed E-state index contributed by atoms with van der Waals surface area (Å²) in [5, 5.41) is 5.15. The second-order valence-corrected chi connectivity index (χ2v) is 8.05. The second-order valence-electron chi connectivity index (χ2n) is 6.49. The monoisotopic (exact) mass is 402 g/mol. The molecule has 1 aromatic carbocycles. The van der Waals surface area contributed by atoms with Gasteiger partial charge in [-0.2, -0.15) is 4.98 Å². The number of rotatable bonds is 3. The van der Waals surface area contributed by atoms with Gasteiger partial charge < -0.3 is 0 Å². The lowest BCUT2D eigenvalue weighted by Gasteiger charge is -2.07. The minimum absolute atomic E-state index is 0.00110. The predicted molar refractivity (Wildman–Crippen MR) is 103 cm³/mol. The van der Waals surface area contributed by atoms with Crippen LogP contribution in [0.1, 0.15) is 12.6 Å². The zero-order valence-electron chi connectivity index (χ0n) is 15.4. The third kappa shape index (κ3) is 2.43. The number of aromatic nitrogens is 5. The molecule has 0 aliphatic rings. The molecule has 0 saturated carbocycles. The van der Waals surface area contributed by atoms with E-state index < -0.39 is 21.3 Å². The van der Waals surface area contributed by atoms with E-state index in [4.69, 9.17) is 5.14 Å². The van der Waals surface area contributed by atoms with Crippen molar-refractivity contribution in [2.75, 3.05) is 0 Å². The highest BCUT2D eigenvalue weighted by Gasteiger charge is 2.20. The Kier molecular flexibility index (Phi) is 3.84. The Morgan fingerprint density at radius 2 is 1.79 bits per heavy atom. The van der Waals surface area contributed by atoms with E-state index in [0.717, 1.165) is 10.3 Å². The van der Waals surface area contributed by atoms with Crippen LogP contribution in [-0.4, -0.2) is 31.5 Å². The van der Waals surface area contributed by atoms with Crippen molar-refractivity contribution in [2.45, 2.75) is 25.3 Å². The summed E-state index contributed by atoms with van der Waals surface area (Å²) >= 11 is 0. The maximum Gasteiger partial charge on any atom is 0.332 e. The lowest BCUT2D eigenvalue weighted by molar-refractivity contribution is 0.598. The first-order valence-electron chi connectivity index (χ1n) is 8.48. The highest BCUT2D eigenvalue weighted by molar-refractivity contribution is 7.89. The molecule has 0 saturated heterocycles. The Morgan fingerprint density at radius 3 is 2.36 bits per heavy atom. The van der Waals surface area contributed by atoms with Crippen LogP contribution in [0.4, 0.5) is 0 Å². The van der Waals surface area contributed by atoms with Crippen molar-refractivity contribution in [3.05, 3.63) is 57.0 Å². The van der Waals surface area contributed by atoms with Gasteiger partial charge in [0.2, 0.25) is 15.8 Å². The van der Waals surface area contributed by atoms with Gasteiger partial charge in [-0.05, 0) is 38.1 Å². The molecule has 0 atom stereocenters. The number of aryl methyl sites for hydroxylation is 2. The summed E-state index contributed by atoms with van der Waals surface area (Å²) in [5.41, 5.74) is 1.18. The van der Waals surface area contributed by atoms with Gasteiger partial charge in [-0.1, -0.05) is 0 Å². The molecule has 4 rings (SSSR count). The predicted octanol–water partition coefficient (Wildman–Crippen LogP) is 0.114. The summed E-state index contributed by atoms with van der Waals surface area (Å²) < 4.78 is 28.9. The maximum atomic E-state index is 12.8. The van der Waals surface area contributed by atoms with Crippen molar-refractivity contribution >= 4 is 27.0 Å². The van der Waals surface area contributed by atoms with Gasteiger partial charge in [-0.3, -0.25) is 22.9 Å². The Hall–Kier alpha value is -3.18. The van der Waals surface area contributed by atoms with Gasteiger partial charge in [0.15, 0.2) is 11.2 Å². The Bertz CT molecular complexity index is 1470. The van der Waals surface area contributed by atoms with Gasteiger partial charge in [0.1, 0.15) is 0 Å². The summed E-state index contributed by atoms with van der Waals surface area (Å²) in [4.78, 5) is 29.7. The zero-order chi connectivity index (χ0) is 20.4. The highest BCUT2D eigenvalue weighted by Crippen LogP contribution is 2.22. The first-order chi connectivity index (χ1) is 13.1. The standard InChI is InChI=1S/C17H18N6O4S/c1-4-21-15(24)13-14(20(3)17(21)25)19-16-22(13)9-10(2)23(16)11-5-7-12(8-6-11)28(18,26)27/h5-9H,4H2,1-3H3,(H2,18,26,27). The van der Waals surface area contributed by atoms with Crippen LogP contribution < -0.4 is 16.4 Å². The van der Waals surface area contributed by atoms with E-state index in [0.29, 0.717) is 17.0 Å². The average Bonchev–Trinajstić information content (AvgIpc) is 3.14. The van der Waals surface area contributed by atoms with E-state index >= 15 is 0 Å². The first-order valence-corrected chi connectivity index (χ1v) is 10.0.